The molecule has 0 aromatic carbocycles. The van der Waals surface area contributed by atoms with Crippen molar-refractivity contribution in [3.8, 4) is 0 Å². The molecule has 0 radical (unpaired) electrons. The largest absolute Gasteiger partial charge is 0.379 e. The van der Waals surface area contributed by atoms with E-state index < -0.39 is 0 Å². The van der Waals surface area contributed by atoms with Gasteiger partial charge in [0.05, 0.1) is 6.10 Å². The fraction of sp³-hybridized carbons (Fsp3) is 1.00. The van der Waals surface area contributed by atoms with E-state index in [0.717, 1.165) is 32.5 Å². The molecular formula is C17H41N3O. The number of nitrogens with two attached hydrogens (primary N) is 2. The third-order valence-electron chi connectivity index (χ3n) is 3.13. The summed E-state index contributed by atoms with van der Waals surface area (Å²) >= 11 is 0. The zero-order valence-electron chi connectivity index (χ0n) is 15.1. The van der Waals surface area contributed by atoms with E-state index in [-0.39, 0.29) is 0 Å². The van der Waals surface area contributed by atoms with E-state index in [2.05, 4.69) is 18.7 Å². The van der Waals surface area contributed by atoms with Gasteiger partial charge in [0.15, 0.2) is 0 Å². The predicted molar refractivity (Wildman–Crippen MR) is 94.7 cm³/mol. The van der Waals surface area contributed by atoms with Crippen LogP contribution in [-0.2, 0) is 4.74 Å². The van der Waals surface area contributed by atoms with E-state index in [4.69, 9.17) is 16.2 Å². The van der Waals surface area contributed by atoms with E-state index in [1.807, 2.05) is 13.8 Å². The van der Waals surface area contributed by atoms with Gasteiger partial charge in [-0.15, -0.1) is 0 Å². The van der Waals surface area contributed by atoms with Crippen LogP contribution in [0.15, 0.2) is 0 Å². The van der Waals surface area contributed by atoms with Crippen LogP contribution in [0.4, 0.5) is 0 Å². The number of rotatable bonds is 13. The van der Waals surface area contributed by atoms with E-state index in [9.17, 15) is 0 Å². The number of hydrogen-bond acceptors (Lipinski definition) is 4. The number of ether oxygens (including phenoxy) is 1. The SMILES string of the molecule is CC(C)OCCCN.CCCCN(CCCC)CCCN. The maximum atomic E-state index is 5.51. The molecule has 4 nitrogen and oxygen atoms in total. The van der Waals surface area contributed by atoms with Crippen LogP contribution in [0.2, 0.25) is 0 Å². The first kappa shape index (κ1) is 23.1. The summed E-state index contributed by atoms with van der Waals surface area (Å²) < 4.78 is 5.20. The lowest BCUT2D eigenvalue weighted by molar-refractivity contribution is 0.0782. The van der Waals surface area contributed by atoms with E-state index in [1.165, 1.54) is 45.3 Å². The predicted octanol–water partition coefficient (Wildman–Crippen LogP) is 3.00. The van der Waals surface area contributed by atoms with E-state index in [0.29, 0.717) is 6.10 Å². The molecule has 0 saturated carbocycles. The molecule has 0 saturated heterocycles. The van der Waals surface area contributed by atoms with Crippen LogP contribution < -0.4 is 11.5 Å². The lowest BCUT2D eigenvalue weighted by Gasteiger charge is -2.21. The monoisotopic (exact) mass is 303 g/mol. The van der Waals surface area contributed by atoms with Gasteiger partial charge in [0.1, 0.15) is 0 Å². The van der Waals surface area contributed by atoms with Crippen LogP contribution in [0.5, 0.6) is 0 Å². The Bertz CT molecular complexity index is 158. The molecule has 0 amide bonds. The van der Waals surface area contributed by atoms with Crippen LogP contribution in [0.3, 0.4) is 0 Å². The molecule has 0 fully saturated rings. The Kier molecular flexibility index (Phi) is 21.8. The van der Waals surface area contributed by atoms with Crippen LogP contribution in [-0.4, -0.2) is 50.3 Å². The molecule has 0 aromatic heterocycles. The van der Waals surface area contributed by atoms with Crippen molar-refractivity contribution in [2.75, 3.05) is 39.3 Å². The molecule has 0 bridgehead atoms. The van der Waals surface area contributed by atoms with E-state index in [1.54, 1.807) is 0 Å². The first-order valence-electron chi connectivity index (χ1n) is 8.86. The van der Waals surface area contributed by atoms with Crippen molar-refractivity contribution in [3.63, 3.8) is 0 Å². The summed E-state index contributed by atoms with van der Waals surface area (Å²) in [5.74, 6) is 0. The highest BCUT2D eigenvalue weighted by Crippen LogP contribution is 1.99. The summed E-state index contributed by atoms with van der Waals surface area (Å²) in [6, 6.07) is 0. The summed E-state index contributed by atoms with van der Waals surface area (Å²) in [5.41, 5.74) is 10.7. The molecular weight excluding hydrogens is 262 g/mol. The average molecular weight is 304 g/mol. The lowest BCUT2D eigenvalue weighted by atomic mass is 10.2. The zero-order chi connectivity index (χ0) is 16.3. The second-order valence-electron chi connectivity index (χ2n) is 5.75. The van der Waals surface area contributed by atoms with Gasteiger partial charge in [0.2, 0.25) is 0 Å². The Morgan fingerprint density at radius 3 is 1.67 bits per heavy atom. The van der Waals surface area contributed by atoms with Gasteiger partial charge in [0, 0.05) is 6.61 Å². The first-order chi connectivity index (χ1) is 10.1. The highest BCUT2D eigenvalue weighted by Gasteiger charge is 2.01. The molecule has 0 atom stereocenters. The molecule has 0 aromatic rings. The Morgan fingerprint density at radius 1 is 0.810 bits per heavy atom. The minimum Gasteiger partial charge on any atom is -0.379 e. The topological polar surface area (TPSA) is 64.5 Å². The number of hydrogen-bond donors (Lipinski definition) is 2. The van der Waals surface area contributed by atoms with Crippen molar-refractivity contribution in [3.05, 3.63) is 0 Å². The van der Waals surface area contributed by atoms with Gasteiger partial charge in [-0.05, 0) is 72.3 Å². The van der Waals surface area contributed by atoms with Crippen molar-refractivity contribution in [2.24, 2.45) is 11.5 Å². The normalized spacial score (nSPS) is 10.9. The molecule has 21 heavy (non-hydrogen) atoms. The molecule has 4 heteroatoms. The molecule has 0 rings (SSSR count). The smallest absolute Gasteiger partial charge is 0.0518 e. The molecule has 0 unspecified atom stereocenters. The average Bonchev–Trinajstić information content (AvgIpc) is 2.47. The zero-order valence-corrected chi connectivity index (χ0v) is 15.1. The number of nitrogens with zero attached hydrogens (tertiary/aromatic N) is 1. The summed E-state index contributed by atoms with van der Waals surface area (Å²) in [4.78, 5) is 2.56. The van der Waals surface area contributed by atoms with Gasteiger partial charge < -0.3 is 21.1 Å². The fourth-order valence-corrected chi connectivity index (χ4v) is 1.82. The summed E-state index contributed by atoms with van der Waals surface area (Å²) in [6.45, 7) is 14.6. The molecule has 0 aliphatic carbocycles. The summed E-state index contributed by atoms with van der Waals surface area (Å²) in [7, 11) is 0. The molecule has 0 aliphatic rings. The Hall–Kier alpha value is -0.160. The number of unbranched alkanes of at least 4 members (excludes halogenated alkanes) is 2. The van der Waals surface area contributed by atoms with Crippen LogP contribution in [0.1, 0.15) is 66.2 Å². The standard InChI is InChI=1S/C11H26N2.C6H15NO/c1-3-5-9-13(10-6-4-2)11-7-8-12;1-6(2)8-5-3-4-7/h3-12H2,1-2H3;6H,3-5,7H2,1-2H3. The minimum absolute atomic E-state index is 0.349. The van der Waals surface area contributed by atoms with Crippen LogP contribution in [0.25, 0.3) is 0 Å². The third kappa shape index (κ3) is 22.3. The molecule has 130 valence electrons. The summed E-state index contributed by atoms with van der Waals surface area (Å²) in [5, 5.41) is 0. The van der Waals surface area contributed by atoms with Gasteiger partial charge >= 0.3 is 0 Å². The Labute approximate surface area is 133 Å². The molecule has 4 N–H and O–H groups in total. The van der Waals surface area contributed by atoms with Crippen molar-refractivity contribution in [1.29, 1.82) is 0 Å². The van der Waals surface area contributed by atoms with Crippen LogP contribution in [0, 0.1) is 0 Å². The molecule has 0 spiro atoms. The Balaban J connectivity index is 0. The third-order valence-corrected chi connectivity index (χ3v) is 3.13. The summed E-state index contributed by atoms with van der Waals surface area (Å²) in [6.07, 6.45) is 7.71. The highest BCUT2D eigenvalue weighted by molar-refractivity contribution is 4.58. The van der Waals surface area contributed by atoms with Crippen molar-refractivity contribution >= 4 is 0 Å². The van der Waals surface area contributed by atoms with Gasteiger partial charge in [-0.1, -0.05) is 26.7 Å². The fourth-order valence-electron chi connectivity index (χ4n) is 1.82. The first-order valence-corrected chi connectivity index (χ1v) is 8.86. The van der Waals surface area contributed by atoms with Gasteiger partial charge in [-0.3, -0.25) is 0 Å². The quantitative estimate of drug-likeness (QED) is 0.513. The van der Waals surface area contributed by atoms with Crippen LogP contribution >= 0.6 is 0 Å². The van der Waals surface area contributed by atoms with Crippen molar-refractivity contribution in [2.45, 2.75) is 72.3 Å². The highest BCUT2D eigenvalue weighted by atomic mass is 16.5. The van der Waals surface area contributed by atoms with Crippen molar-refractivity contribution < 1.29 is 4.74 Å². The molecule has 0 aliphatic heterocycles. The second kappa shape index (κ2) is 19.8. The molecule has 0 heterocycles. The van der Waals surface area contributed by atoms with E-state index >= 15 is 0 Å². The van der Waals surface area contributed by atoms with Gasteiger partial charge in [-0.25, -0.2) is 0 Å². The maximum Gasteiger partial charge on any atom is 0.0518 e. The van der Waals surface area contributed by atoms with Gasteiger partial charge in [0.25, 0.3) is 0 Å². The van der Waals surface area contributed by atoms with Crippen molar-refractivity contribution in [1.82, 2.24) is 4.90 Å². The van der Waals surface area contributed by atoms with Gasteiger partial charge in [-0.2, -0.15) is 0 Å². The second-order valence-corrected chi connectivity index (χ2v) is 5.75. The lowest BCUT2D eigenvalue weighted by Crippen LogP contribution is -2.28. The maximum absolute atomic E-state index is 5.51. The minimum atomic E-state index is 0.349. The Morgan fingerprint density at radius 2 is 1.29 bits per heavy atom.